The topological polar surface area (TPSA) is 51.7 Å². The van der Waals surface area contributed by atoms with Gasteiger partial charge in [0, 0.05) is 22.7 Å². The number of Topliss-reactive ketones (excluding diaryl/α,β-unsaturated/α-hetero) is 1. The second-order valence-corrected chi connectivity index (χ2v) is 13.3. The number of ketones is 1. The van der Waals surface area contributed by atoms with Crippen LogP contribution in [0.15, 0.2) is 54.6 Å². The first kappa shape index (κ1) is 28.7. The molecule has 0 bridgehead atoms. The van der Waals surface area contributed by atoms with Gasteiger partial charge in [-0.25, -0.2) is 4.98 Å². The van der Waals surface area contributed by atoms with Gasteiger partial charge in [0.15, 0.2) is 10.9 Å². The minimum Gasteiger partial charge on any atom is -0.367 e. The summed E-state index contributed by atoms with van der Waals surface area (Å²) in [5, 5.41) is 1.61. The number of ether oxygens (including phenoxy) is 2. The number of morpholine rings is 1. The van der Waals surface area contributed by atoms with E-state index in [-0.39, 0.29) is 5.78 Å². The first-order chi connectivity index (χ1) is 18.8. The third kappa shape index (κ3) is 5.82. The lowest BCUT2D eigenvalue weighted by molar-refractivity contribution is -0.138. The molecule has 210 valence electrons. The number of carbonyl (C=O) groups excluding carboxylic acids is 1. The number of aromatic nitrogens is 1. The number of rotatable bonds is 6. The van der Waals surface area contributed by atoms with Gasteiger partial charge in [-0.05, 0) is 83.4 Å². The lowest BCUT2D eigenvalue weighted by atomic mass is 9.90. The molecule has 0 aliphatic carbocycles. The van der Waals surface area contributed by atoms with E-state index in [4.69, 9.17) is 26.1 Å². The van der Waals surface area contributed by atoms with E-state index in [0.29, 0.717) is 18.2 Å². The Kier molecular flexibility index (Phi) is 7.83. The summed E-state index contributed by atoms with van der Waals surface area (Å²) in [7, 11) is 0. The van der Waals surface area contributed by atoms with Crippen LogP contribution in [0.25, 0.3) is 21.3 Å². The van der Waals surface area contributed by atoms with Crippen molar-refractivity contribution in [2.45, 2.75) is 65.8 Å². The van der Waals surface area contributed by atoms with Gasteiger partial charge in [0.05, 0.1) is 29.0 Å². The number of benzene rings is 3. The molecule has 2 atom stereocenters. The molecule has 1 saturated heterocycles. The number of fused-ring (bicyclic) bond motifs is 1. The summed E-state index contributed by atoms with van der Waals surface area (Å²) in [5.74, 6) is -0.0284. The molecular weight excluding hydrogens is 540 g/mol. The zero-order valence-corrected chi connectivity index (χ0v) is 25.9. The van der Waals surface area contributed by atoms with E-state index in [1.54, 1.807) is 18.3 Å². The van der Waals surface area contributed by atoms with Gasteiger partial charge < -0.3 is 14.4 Å². The van der Waals surface area contributed by atoms with E-state index in [1.165, 1.54) is 5.56 Å². The Morgan fingerprint density at radius 3 is 2.42 bits per heavy atom. The van der Waals surface area contributed by atoms with Gasteiger partial charge in [-0.1, -0.05) is 64.9 Å². The van der Waals surface area contributed by atoms with Crippen LogP contribution >= 0.6 is 22.9 Å². The maximum absolute atomic E-state index is 13.0. The summed E-state index contributed by atoms with van der Waals surface area (Å²) in [6.07, 6.45) is -0.700. The fraction of sp³-hybridized carbons (Fsp3) is 0.394. The molecule has 0 amide bonds. The van der Waals surface area contributed by atoms with Gasteiger partial charge in [-0.3, -0.25) is 4.79 Å². The molecular formula is C33H37ClN2O3S. The molecule has 3 aromatic carbocycles. The Labute approximate surface area is 246 Å². The van der Waals surface area contributed by atoms with Crippen LogP contribution < -0.4 is 4.90 Å². The normalized spacial score (nSPS) is 18.8. The van der Waals surface area contributed by atoms with Crippen LogP contribution in [0.2, 0.25) is 5.02 Å². The smallest absolute Gasteiger partial charge is 0.186 e. The molecule has 1 aliphatic rings. The molecule has 0 radical (unpaired) electrons. The summed E-state index contributed by atoms with van der Waals surface area (Å²) in [4.78, 5) is 20.5. The summed E-state index contributed by atoms with van der Waals surface area (Å²) in [6.45, 7) is 15.9. The Balaban J connectivity index is 1.65. The van der Waals surface area contributed by atoms with Crippen LogP contribution in [0.3, 0.4) is 0 Å². The predicted octanol–water partition coefficient (Wildman–Crippen LogP) is 8.43. The van der Waals surface area contributed by atoms with E-state index in [0.717, 1.165) is 49.7 Å². The second kappa shape index (κ2) is 10.9. The number of thiazole rings is 1. The van der Waals surface area contributed by atoms with Gasteiger partial charge >= 0.3 is 0 Å². The summed E-state index contributed by atoms with van der Waals surface area (Å²) in [5.41, 5.74) is 6.19. The number of hydrogen-bond donors (Lipinski definition) is 0. The van der Waals surface area contributed by atoms with Gasteiger partial charge in [0.2, 0.25) is 0 Å². The minimum atomic E-state index is -0.700. The summed E-state index contributed by atoms with van der Waals surface area (Å²) < 4.78 is 13.8. The van der Waals surface area contributed by atoms with Gasteiger partial charge in [0.1, 0.15) is 11.7 Å². The fourth-order valence-electron chi connectivity index (χ4n) is 5.39. The highest BCUT2D eigenvalue weighted by molar-refractivity contribution is 7.22. The number of carbonyl (C=O) groups is 1. The van der Waals surface area contributed by atoms with E-state index in [1.807, 2.05) is 52.0 Å². The maximum Gasteiger partial charge on any atom is 0.186 e. The highest BCUT2D eigenvalue weighted by Crippen LogP contribution is 2.45. The molecule has 1 fully saturated rings. The predicted molar refractivity (Wildman–Crippen MR) is 166 cm³/mol. The Hall–Kier alpha value is -2.77. The largest absolute Gasteiger partial charge is 0.367 e. The third-order valence-corrected chi connectivity index (χ3v) is 8.76. The Morgan fingerprint density at radius 2 is 1.80 bits per heavy atom. The first-order valence-electron chi connectivity index (χ1n) is 13.7. The molecule has 5 nitrogen and oxygen atoms in total. The molecule has 4 aromatic rings. The zero-order valence-electron chi connectivity index (χ0n) is 24.3. The number of nitrogens with zero attached hydrogens (tertiary/aromatic N) is 2. The van der Waals surface area contributed by atoms with Crippen LogP contribution in [0, 0.1) is 13.8 Å². The van der Waals surface area contributed by atoms with Crippen molar-refractivity contribution in [3.05, 3.63) is 81.9 Å². The molecule has 1 aliphatic heterocycles. The van der Waals surface area contributed by atoms with Crippen molar-refractivity contribution < 1.29 is 14.3 Å². The van der Waals surface area contributed by atoms with Crippen LogP contribution in [-0.4, -0.2) is 36.1 Å². The van der Waals surface area contributed by atoms with Crippen LogP contribution in [0.4, 0.5) is 5.13 Å². The third-order valence-electron chi connectivity index (χ3n) is 7.36. The molecule has 5 rings (SSSR count). The van der Waals surface area contributed by atoms with Gasteiger partial charge in [-0.2, -0.15) is 0 Å². The highest BCUT2D eigenvalue weighted by atomic mass is 35.5. The standard InChI is InChI=1S/C33H37ClN2O3S/c1-20-8-12-24(13-9-20)33(7)19-36(16-17-38-33)31-35-26-18-21(2)27(29(22(3)37)39-32(4,5)6)28(30(26)40-31)23-10-14-25(34)15-11-23/h8-15,18,29H,16-17,19H2,1-7H3/t29-,33?/m1/s1. The lowest BCUT2D eigenvalue weighted by Crippen LogP contribution is -2.48. The van der Waals surface area contributed by atoms with E-state index >= 15 is 0 Å². The summed E-state index contributed by atoms with van der Waals surface area (Å²) in [6, 6.07) is 18.5. The van der Waals surface area contributed by atoms with Crippen LogP contribution in [0.1, 0.15) is 63.0 Å². The maximum atomic E-state index is 13.0. The molecule has 2 heterocycles. The van der Waals surface area contributed by atoms with Crippen molar-refractivity contribution in [1.29, 1.82) is 0 Å². The number of aryl methyl sites for hydroxylation is 2. The number of anilines is 1. The monoisotopic (exact) mass is 576 g/mol. The van der Waals surface area contributed by atoms with Crippen molar-refractivity contribution in [2.75, 3.05) is 24.6 Å². The van der Waals surface area contributed by atoms with Crippen molar-refractivity contribution in [2.24, 2.45) is 0 Å². The molecule has 1 unspecified atom stereocenters. The first-order valence-corrected chi connectivity index (χ1v) is 14.9. The number of halogens is 1. The van der Waals surface area contributed by atoms with Gasteiger partial charge in [0.25, 0.3) is 0 Å². The van der Waals surface area contributed by atoms with Crippen molar-refractivity contribution >= 4 is 44.1 Å². The SMILES string of the molecule is CC(=O)[C@@H](OC(C)(C)C)c1c(C)cc2nc(N3CCOC(C)(c4ccc(C)cc4)C3)sc2c1-c1ccc(Cl)cc1. The quantitative estimate of drug-likeness (QED) is 0.230. The molecule has 0 spiro atoms. The van der Waals surface area contributed by atoms with Crippen LogP contribution in [-0.2, 0) is 19.9 Å². The Morgan fingerprint density at radius 1 is 1.12 bits per heavy atom. The molecule has 40 heavy (non-hydrogen) atoms. The second-order valence-electron chi connectivity index (χ2n) is 11.9. The van der Waals surface area contributed by atoms with Crippen LogP contribution in [0.5, 0.6) is 0 Å². The molecule has 1 aromatic heterocycles. The van der Waals surface area contributed by atoms with E-state index in [9.17, 15) is 4.79 Å². The molecule has 7 heteroatoms. The fourth-order valence-corrected chi connectivity index (χ4v) is 6.66. The Bertz CT molecular complexity index is 1540. The average Bonchev–Trinajstić information content (AvgIpc) is 3.31. The highest BCUT2D eigenvalue weighted by Gasteiger charge is 2.36. The number of hydrogen-bond acceptors (Lipinski definition) is 6. The minimum absolute atomic E-state index is 0.0284. The van der Waals surface area contributed by atoms with Gasteiger partial charge in [-0.15, -0.1) is 0 Å². The average molecular weight is 577 g/mol. The summed E-state index contributed by atoms with van der Waals surface area (Å²) >= 11 is 7.93. The zero-order chi connectivity index (χ0) is 28.8. The van der Waals surface area contributed by atoms with Crippen molar-refractivity contribution in [3.63, 3.8) is 0 Å². The van der Waals surface area contributed by atoms with Crippen molar-refractivity contribution in [1.82, 2.24) is 4.98 Å². The lowest BCUT2D eigenvalue weighted by Gasteiger charge is -2.40. The van der Waals surface area contributed by atoms with E-state index in [2.05, 4.69) is 49.1 Å². The van der Waals surface area contributed by atoms with E-state index < -0.39 is 17.3 Å². The van der Waals surface area contributed by atoms with Crippen molar-refractivity contribution in [3.8, 4) is 11.1 Å². The molecule has 0 N–H and O–H groups in total. The molecule has 0 saturated carbocycles.